The van der Waals surface area contributed by atoms with E-state index in [9.17, 15) is 4.79 Å². The van der Waals surface area contributed by atoms with E-state index in [1.807, 2.05) is 0 Å². The molecule has 0 aliphatic rings. The summed E-state index contributed by atoms with van der Waals surface area (Å²) in [6.45, 7) is 6.11. The fourth-order valence-corrected chi connectivity index (χ4v) is 0.871. The molecule has 0 heterocycles. The molecule has 0 aromatic carbocycles. The van der Waals surface area contributed by atoms with E-state index in [0.29, 0.717) is 12.0 Å². The van der Waals surface area contributed by atoms with Gasteiger partial charge in [-0.1, -0.05) is 6.58 Å². The maximum absolute atomic E-state index is 11.3. The summed E-state index contributed by atoms with van der Waals surface area (Å²) in [7, 11) is 6.15. The highest BCUT2D eigenvalue weighted by atomic mass is 35.5. The zero-order valence-corrected chi connectivity index (χ0v) is 11.3. The highest BCUT2D eigenvalue weighted by molar-refractivity contribution is 5.87. The Kier molecular flexibility index (Phi) is 8.52. The summed E-state index contributed by atoms with van der Waals surface area (Å²) in [6, 6.07) is 0. The van der Waals surface area contributed by atoms with E-state index in [1.165, 1.54) is 0 Å². The molecule has 5 heteroatoms. The summed E-state index contributed by atoms with van der Waals surface area (Å²) >= 11 is 0. The lowest BCUT2D eigenvalue weighted by Crippen LogP contribution is -2.35. The topological polar surface area (TPSA) is 46.5 Å². The number of hydrogen-bond donors (Lipinski definition) is 1. The second-order valence-electron chi connectivity index (χ2n) is 4.81. The molecule has 0 aromatic rings. The molecule has 96 valence electrons. The Morgan fingerprint density at radius 2 is 1.94 bits per heavy atom. The number of halogens is 1. The highest BCUT2D eigenvalue weighted by Gasteiger charge is 2.14. The van der Waals surface area contributed by atoms with Crippen LogP contribution in [0.25, 0.3) is 0 Å². The van der Waals surface area contributed by atoms with E-state index in [2.05, 4.69) is 27.7 Å². The normalized spacial score (nSPS) is 12.6. The van der Waals surface area contributed by atoms with Crippen molar-refractivity contribution >= 4 is 18.4 Å². The Hall–Kier alpha value is -0.580. The van der Waals surface area contributed by atoms with Crippen LogP contribution in [-0.4, -0.2) is 56.0 Å². The van der Waals surface area contributed by atoms with Gasteiger partial charge in [-0.25, -0.2) is 4.79 Å². The van der Waals surface area contributed by atoms with E-state index >= 15 is 0 Å². The van der Waals surface area contributed by atoms with Crippen molar-refractivity contribution in [1.82, 2.24) is 0 Å². The third-order valence-corrected chi connectivity index (χ3v) is 1.83. The van der Waals surface area contributed by atoms with Crippen molar-refractivity contribution in [1.29, 1.82) is 0 Å². The van der Waals surface area contributed by atoms with Gasteiger partial charge in [0.1, 0.15) is 6.61 Å². The number of aliphatic hydroxyl groups excluding tert-OH is 1. The smallest absolute Gasteiger partial charge is 0.333 e. The van der Waals surface area contributed by atoms with Gasteiger partial charge >= 0.3 is 5.97 Å². The van der Waals surface area contributed by atoms with Crippen LogP contribution in [0.5, 0.6) is 0 Å². The standard InChI is InChI=1S/C11H22NO3.ClH/c1-9(6-7-12(3,4)5)11(14)15-8-10(2)13;/h10,13H,1,6-8H2,2-5H3;1H/q+1;. The van der Waals surface area contributed by atoms with Gasteiger partial charge in [0.05, 0.1) is 33.8 Å². The molecule has 0 fully saturated rings. The molecule has 1 unspecified atom stereocenters. The number of ether oxygens (including phenoxy) is 1. The molecular formula is C11H23ClNO3+. The fourth-order valence-electron chi connectivity index (χ4n) is 0.871. The third kappa shape index (κ3) is 9.96. The minimum Gasteiger partial charge on any atom is -0.460 e. The Balaban J connectivity index is 0. The highest BCUT2D eigenvalue weighted by Crippen LogP contribution is 2.05. The van der Waals surface area contributed by atoms with Crippen LogP contribution in [0.3, 0.4) is 0 Å². The molecule has 0 radical (unpaired) electrons. The summed E-state index contributed by atoms with van der Waals surface area (Å²) < 4.78 is 5.62. The van der Waals surface area contributed by atoms with Gasteiger partial charge in [-0.15, -0.1) is 12.4 Å². The number of quaternary nitrogens is 1. The van der Waals surface area contributed by atoms with Gasteiger partial charge in [0.25, 0.3) is 0 Å². The zero-order valence-electron chi connectivity index (χ0n) is 10.5. The number of carbonyl (C=O) groups is 1. The predicted molar refractivity (Wildman–Crippen MR) is 66.5 cm³/mol. The van der Waals surface area contributed by atoms with Crippen molar-refractivity contribution in [3.8, 4) is 0 Å². The SMILES string of the molecule is C=C(CC[N+](C)(C)C)C(=O)OCC(C)O.Cl. The van der Waals surface area contributed by atoms with Gasteiger partial charge in [-0.3, -0.25) is 0 Å². The monoisotopic (exact) mass is 252 g/mol. The molecule has 0 aliphatic carbocycles. The number of carbonyl (C=O) groups excluding carboxylic acids is 1. The molecule has 16 heavy (non-hydrogen) atoms. The van der Waals surface area contributed by atoms with Crippen LogP contribution in [0.2, 0.25) is 0 Å². The zero-order chi connectivity index (χ0) is 12.1. The summed E-state index contributed by atoms with van der Waals surface area (Å²) in [6.07, 6.45) is -0.0116. The van der Waals surface area contributed by atoms with Crippen molar-refractivity contribution in [3.63, 3.8) is 0 Å². The Labute approximate surface area is 104 Å². The first-order valence-corrected chi connectivity index (χ1v) is 5.06. The summed E-state index contributed by atoms with van der Waals surface area (Å²) in [5.41, 5.74) is 0.462. The first-order chi connectivity index (χ1) is 6.72. The third-order valence-electron chi connectivity index (χ3n) is 1.83. The molecule has 0 spiro atoms. The molecule has 0 amide bonds. The second kappa shape index (κ2) is 7.65. The van der Waals surface area contributed by atoms with Crippen molar-refractivity contribution in [2.24, 2.45) is 0 Å². The van der Waals surface area contributed by atoms with Gasteiger partial charge < -0.3 is 14.3 Å². The van der Waals surface area contributed by atoms with Crippen LogP contribution in [0.1, 0.15) is 13.3 Å². The average molecular weight is 253 g/mol. The van der Waals surface area contributed by atoms with E-state index < -0.39 is 12.1 Å². The van der Waals surface area contributed by atoms with E-state index in [4.69, 9.17) is 9.84 Å². The summed E-state index contributed by atoms with van der Waals surface area (Å²) in [5, 5.41) is 8.93. The number of rotatable bonds is 6. The Morgan fingerprint density at radius 3 is 2.31 bits per heavy atom. The summed E-state index contributed by atoms with van der Waals surface area (Å²) in [4.78, 5) is 11.3. The number of aliphatic hydroxyl groups is 1. The molecule has 0 bridgehead atoms. The fraction of sp³-hybridized carbons (Fsp3) is 0.727. The van der Waals surface area contributed by atoms with E-state index in [0.717, 1.165) is 11.0 Å². The number of nitrogens with zero attached hydrogens (tertiary/aromatic N) is 1. The molecule has 0 aromatic heterocycles. The largest absolute Gasteiger partial charge is 0.460 e. The van der Waals surface area contributed by atoms with Gasteiger partial charge in [0.15, 0.2) is 0 Å². The van der Waals surface area contributed by atoms with Crippen molar-refractivity contribution in [3.05, 3.63) is 12.2 Å². The molecule has 1 N–H and O–H groups in total. The lowest BCUT2D eigenvalue weighted by Gasteiger charge is -2.23. The van der Waals surface area contributed by atoms with Crippen LogP contribution in [-0.2, 0) is 9.53 Å². The van der Waals surface area contributed by atoms with Gasteiger partial charge in [0, 0.05) is 12.0 Å². The van der Waals surface area contributed by atoms with Crippen LogP contribution in [0.4, 0.5) is 0 Å². The van der Waals surface area contributed by atoms with Crippen molar-refractivity contribution < 1.29 is 19.1 Å². The van der Waals surface area contributed by atoms with Gasteiger partial charge in [-0.05, 0) is 6.92 Å². The van der Waals surface area contributed by atoms with Crippen molar-refractivity contribution in [2.75, 3.05) is 34.3 Å². The minimum absolute atomic E-state index is 0. The second-order valence-corrected chi connectivity index (χ2v) is 4.81. The molecule has 4 nitrogen and oxygen atoms in total. The van der Waals surface area contributed by atoms with Crippen LogP contribution in [0.15, 0.2) is 12.2 Å². The molecule has 0 aliphatic heterocycles. The van der Waals surface area contributed by atoms with Gasteiger partial charge in [-0.2, -0.15) is 0 Å². The van der Waals surface area contributed by atoms with Crippen molar-refractivity contribution in [2.45, 2.75) is 19.4 Å². The Bertz CT molecular complexity index is 234. The molecule has 1 atom stereocenters. The number of hydrogen-bond acceptors (Lipinski definition) is 3. The first kappa shape index (κ1) is 17.8. The number of esters is 1. The molecule has 0 rings (SSSR count). The maximum atomic E-state index is 11.3. The first-order valence-electron chi connectivity index (χ1n) is 5.06. The van der Waals surface area contributed by atoms with Crippen LogP contribution in [0, 0.1) is 0 Å². The van der Waals surface area contributed by atoms with E-state index in [-0.39, 0.29) is 19.0 Å². The molecule has 0 saturated carbocycles. The average Bonchev–Trinajstić information content (AvgIpc) is 2.08. The van der Waals surface area contributed by atoms with Crippen LogP contribution < -0.4 is 0 Å². The lowest BCUT2D eigenvalue weighted by molar-refractivity contribution is -0.870. The summed E-state index contributed by atoms with van der Waals surface area (Å²) in [5.74, 6) is -0.413. The predicted octanol–water partition coefficient (Wildman–Crippen LogP) is 0.985. The Morgan fingerprint density at radius 1 is 1.44 bits per heavy atom. The van der Waals surface area contributed by atoms with Gasteiger partial charge in [0.2, 0.25) is 0 Å². The molecular weight excluding hydrogens is 230 g/mol. The quantitative estimate of drug-likeness (QED) is 0.436. The maximum Gasteiger partial charge on any atom is 0.333 e. The lowest BCUT2D eigenvalue weighted by atomic mass is 10.2. The molecule has 0 saturated heterocycles. The minimum atomic E-state index is -0.625. The van der Waals surface area contributed by atoms with E-state index in [1.54, 1.807) is 6.92 Å². The van der Waals surface area contributed by atoms with Crippen LogP contribution >= 0.6 is 12.4 Å².